The maximum absolute atomic E-state index is 10.8. The highest BCUT2D eigenvalue weighted by Crippen LogP contribution is 2.21. The van der Waals surface area contributed by atoms with Crippen LogP contribution in [0.5, 0.6) is 0 Å². The van der Waals surface area contributed by atoms with E-state index >= 15 is 0 Å². The molecule has 0 saturated carbocycles. The minimum Gasteiger partial charge on any atom is -0.390 e. The number of Topliss-reactive ketones (excluding diaryl/α,β-unsaturated/α-hetero) is 1. The van der Waals surface area contributed by atoms with Crippen LogP contribution in [0.1, 0.15) is 13.3 Å². The number of nitro groups is 1. The monoisotopic (exact) mass is 225 g/mol. The Morgan fingerprint density at radius 2 is 2.25 bits per heavy atom. The fraction of sp³-hybridized carbons (Fsp3) is 0.625. The molecule has 1 fully saturated rings. The summed E-state index contributed by atoms with van der Waals surface area (Å²) in [6.45, 7) is 3.47. The lowest BCUT2D eigenvalue weighted by atomic mass is 10.3. The molecule has 0 N–H and O–H groups in total. The molecule has 86 valence electrons. The Morgan fingerprint density at radius 3 is 2.75 bits per heavy atom. The van der Waals surface area contributed by atoms with Crippen molar-refractivity contribution < 1.29 is 9.72 Å². The number of anilines is 1. The normalized spacial score (nSPS) is 13.9. The number of nitrogens with zero attached hydrogens (tertiary/aromatic N) is 5. The van der Waals surface area contributed by atoms with Gasteiger partial charge in [0.1, 0.15) is 5.78 Å². The molecule has 1 saturated heterocycles. The third kappa shape index (κ3) is 2.15. The number of rotatable bonds is 5. The predicted octanol–water partition coefficient (Wildman–Crippen LogP) is -0.0146. The molecule has 1 aromatic rings. The van der Waals surface area contributed by atoms with Crippen LogP contribution in [0.3, 0.4) is 0 Å². The Morgan fingerprint density at radius 1 is 1.56 bits per heavy atom. The Balaban J connectivity index is 2.19. The zero-order chi connectivity index (χ0) is 11.7. The van der Waals surface area contributed by atoms with Crippen LogP contribution in [-0.2, 0) is 11.3 Å². The van der Waals surface area contributed by atoms with Crippen molar-refractivity contribution in [3.05, 3.63) is 10.1 Å². The van der Waals surface area contributed by atoms with E-state index in [1.54, 1.807) is 0 Å². The van der Waals surface area contributed by atoms with Gasteiger partial charge in [-0.1, -0.05) is 0 Å². The summed E-state index contributed by atoms with van der Waals surface area (Å²) in [4.78, 5) is 26.4. The first-order chi connectivity index (χ1) is 7.58. The molecule has 8 nitrogen and oxygen atoms in total. The molecule has 16 heavy (non-hydrogen) atoms. The quantitative estimate of drug-likeness (QED) is 0.397. The van der Waals surface area contributed by atoms with Crippen molar-refractivity contribution in [3.63, 3.8) is 0 Å². The Labute approximate surface area is 91.0 Å². The number of carbonyl (C=O) groups excluding carboxylic acids is 1. The second kappa shape index (κ2) is 3.87. The lowest BCUT2D eigenvalue weighted by molar-refractivity contribution is -0.394. The Bertz CT molecular complexity index is 437. The summed E-state index contributed by atoms with van der Waals surface area (Å²) in [6, 6.07) is 0. The van der Waals surface area contributed by atoms with Crippen molar-refractivity contribution in [2.45, 2.75) is 19.9 Å². The summed E-state index contributed by atoms with van der Waals surface area (Å²) in [5, 5.41) is 14.3. The van der Waals surface area contributed by atoms with Gasteiger partial charge < -0.3 is 15.0 Å². The molecule has 0 aliphatic carbocycles. The van der Waals surface area contributed by atoms with Gasteiger partial charge in [-0.15, -0.1) is 0 Å². The zero-order valence-electron chi connectivity index (χ0n) is 8.79. The van der Waals surface area contributed by atoms with E-state index in [1.165, 1.54) is 11.6 Å². The molecule has 0 unspecified atom stereocenters. The molecule has 0 bridgehead atoms. The summed E-state index contributed by atoms with van der Waals surface area (Å²) in [5.74, 6) is 0.0910. The molecule has 8 heteroatoms. The summed E-state index contributed by atoms with van der Waals surface area (Å²) in [5.41, 5.74) is 0. The van der Waals surface area contributed by atoms with Gasteiger partial charge in [0.15, 0.2) is 0 Å². The predicted molar refractivity (Wildman–Crippen MR) is 54.2 cm³/mol. The largest absolute Gasteiger partial charge is 0.493 e. The van der Waals surface area contributed by atoms with Crippen LogP contribution in [-0.4, -0.2) is 38.6 Å². The summed E-state index contributed by atoms with van der Waals surface area (Å²) in [7, 11) is 0. The van der Waals surface area contributed by atoms with Crippen molar-refractivity contribution in [2.75, 3.05) is 18.0 Å². The maximum Gasteiger partial charge on any atom is 0.493 e. The number of carbonyl (C=O) groups is 1. The average Bonchev–Trinajstić information content (AvgIpc) is 2.95. The molecule has 2 heterocycles. The van der Waals surface area contributed by atoms with Crippen LogP contribution in [0, 0.1) is 10.1 Å². The van der Waals surface area contributed by atoms with E-state index in [0.29, 0.717) is 18.9 Å². The van der Waals surface area contributed by atoms with Crippen molar-refractivity contribution in [1.82, 2.24) is 14.8 Å². The van der Waals surface area contributed by atoms with Crippen LogP contribution < -0.4 is 4.90 Å². The molecule has 0 amide bonds. The van der Waals surface area contributed by atoms with E-state index in [4.69, 9.17) is 0 Å². The van der Waals surface area contributed by atoms with Crippen molar-refractivity contribution >= 4 is 17.7 Å². The molecule has 0 spiro atoms. The SMILES string of the molecule is CC(=O)CCn1nc([N+](=O)[O-])nc1N1CC1. The number of aryl methyl sites for hydroxylation is 1. The van der Waals surface area contributed by atoms with E-state index in [-0.39, 0.29) is 5.78 Å². The highest BCUT2D eigenvalue weighted by atomic mass is 16.6. The number of aromatic nitrogens is 3. The van der Waals surface area contributed by atoms with Gasteiger partial charge in [0.2, 0.25) is 0 Å². The van der Waals surface area contributed by atoms with E-state index < -0.39 is 10.9 Å². The second-order valence-corrected chi connectivity index (χ2v) is 3.63. The third-order valence-corrected chi connectivity index (χ3v) is 2.21. The second-order valence-electron chi connectivity index (χ2n) is 3.63. The van der Waals surface area contributed by atoms with Crippen LogP contribution in [0.2, 0.25) is 0 Å². The highest BCUT2D eigenvalue weighted by Gasteiger charge is 2.31. The topological polar surface area (TPSA) is 93.9 Å². The smallest absolute Gasteiger partial charge is 0.390 e. The first-order valence-corrected chi connectivity index (χ1v) is 4.91. The van der Waals surface area contributed by atoms with Crippen LogP contribution in [0.15, 0.2) is 0 Å². The van der Waals surface area contributed by atoms with Gasteiger partial charge in [-0.25, -0.2) is 0 Å². The first kappa shape index (κ1) is 10.5. The molecule has 0 radical (unpaired) electrons. The zero-order valence-corrected chi connectivity index (χ0v) is 8.79. The molecule has 1 aromatic heterocycles. The van der Waals surface area contributed by atoms with E-state index in [2.05, 4.69) is 10.1 Å². The fourth-order valence-electron chi connectivity index (χ4n) is 1.30. The van der Waals surface area contributed by atoms with Gasteiger partial charge in [-0.3, -0.25) is 4.79 Å². The van der Waals surface area contributed by atoms with E-state index in [1.807, 2.05) is 4.90 Å². The van der Waals surface area contributed by atoms with Crippen molar-refractivity contribution in [1.29, 1.82) is 0 Å². The molecule has 1 aliphatic rings. The number of hydrogen-bond acceptors (Lipinski definition) is 6. The van der Waals surface area contributed by atoms with Gasteiger partial charge >= 0.3 is 11.9 Å². The van der Waals surface area contributed by atoms with E-state index in [9.17, 15) is 14.9 Å². The Hall–Kier alpha value is -1.99. The van der Waals surface area contributed by atoms with E-state index in [0.717, 1.165) is 13.1 Å². The van der Waals surface area contributed by atoms with Gasteiger partial charge in [-0.05, 0) is 16.8 Å². The summed E-state index contributed by atoms with van der Waals surface area (Å²) < 4.78 is 1.42. The van der Waals surface area contributed by atoms with Gasteiger partial charge in [0.05, 0.1) is 6.54 Å². The lowest BCUT2D eigenvalue weighted by Gasteiger charge is -1.98. The van der Waals surface area contributed by atoms with Crippen molar-refractivity contribution in [2.24, 2.45) is 0 Å². The minimum atomic E-state index is -0.628. The molecular weight excluding hydrogens is 214 g/mol. The summed E-state index contributed by atoms with van der Waals surface area (Å²) >= 11 is 0. The number of hydrogen-bond donors (Lipinski definition) is 0. The fourth-order valence-corrected chi connectivity index (χ4v) is 1.30. The first-order valence-electron chi connectivity index (χ1n) is 4.91. The Kier molecular flexibility index (Phi) is 2.55. The van der Waals surface area contributed by atoms with Gasteiger partial charge in [0, 0.05) is 24.6 Å². The third-order valence-electron chi connectivity index (χ3n) is 2.21. The number of ketones is 1. The van der Waals surface area contributed by atoms with Gasteiger partial charge in [0.25, 0.3) is 0 Å². The molecule has 2 rings (SSSR count). The maximum atomic E-state index is 10.8. The lowest BCUT2D eigenvalue weighted by Crippen LogP contribution is -2.09. The molecular formula is C8H11N5O3. The minimum absolute atomic E-state index is 0.0231. The summed E-state index contributed by atoms with van der Waals surface area (Å²) in [6.07, 6.45) is 0.307. The molecule has 1 aliphatic heterocycles. The average molecular weight is 225 g/mol. The highest BCUT2D eigenvalue weighted by molar-refractivity contribution is 5.75. The molecule has 0 aromatic carbocycles. The van der Waals surface area contributed by atoms with Crippen LogP contribution in [0.4, 0.5) is 11.9 Å². The van der Waals surface area contributed by atoms with Gasteiger partial charge in [-0.2, -0.15) is 4.68 Å². The van der Waals surface area contributed by atoms with Crippen LogP contribution in [0.25, 0.3) is 0 Å². The van der Waals surface area contributed by atoms with Crippen molar-refractivity contribution in [3.8, 4) is 0 Å². The van der Waals surface area contributed by atoms with Crippen LogP contribution >= 0.6 is 0 Å². The molecule has 0 atom stereocenters. The standard InChI is InChI=1S/C8H11N5O3/c1-6(14)2-3-12-8(11-4-5-11)9-7(10-12)13(15)16/h2-5H2,1H3.